The molecule has 0 saturated heterocycles. The number of anilines is 1. The van der Waals surface area contributed by atoms with Gasteiger partial charge in [-0.1, -0.05) is 46.7 Å². The number of halogens is 3. The van der Waals surface area contributed by atoms with E-state index in [1.807, 2.05) is 12.1 Å². The van der Waals surface area contributed by atoms with Crippen LogP contribution in [0.1, 0.15) is 10.4 Å². The zero-order valence-electron chi connectivity index (χ0n) is 11.5. The number of hydrogen-bond acceptors (Lipinski definition) is 4. The molecule has 1 amide bonds. The SMILES string of the molecule is Cl.O=C(Nc1nnc(-c2ccc(Cl)cc2)s1)c1ccc(Cl)cc1. The van der Waals surface area contributed by atoms with Crippen molar-refractivity contribution in [2.45, 2.75) is 0 Å². The second-order valence-electron chi connectivity index (χ2n) is 4.38. The van der Waals surface area contributed by atoms with Crippen LogP contribution in [0.3, 0.4) is 0 Å². The van der Waals surface area contributed by atoms with Crippen molar-refractivity contribution in [3.8, 4) is 10.6 Å². The molecule has 1 aromatic heterocycles. The Kier molecular flexibility index (Phi) is 5.96. The van der Waals surface area contributed by atoms with E-state index >= 15 is 0 Å². The smallest absolute Gasteiger partial charge is 0.257 e. The summed E-state index contributed by atoms with van der Waals surface area (Å²) in [7, 11) is 0. The highest BCUT2D eigenvalue weighted by Crippen LogP contribution is 2.27. The molecule has 2 aromatic carbocycles. The number of amides is 1. The lowest BCUT2D eigenvalue weighted by Gasteiger charge is -2.00. The Balaban J connectivity index is 0.00000192. The molecular formula is C15H10Cl3N3OS. The van der Waals surface area contributed by atoms with Crippen molar-refractivity contribution in [3.05, 3.63) is 64.1 Å². The number of nitrogens with zero attached hydrogens (tertiary/aromatic N) is 2. The zero-order valence-corrected chi connectivity index (χ0v) is 14.6. The summed E-state index contributed by atoms with van der Waals surface area (Å²) in [5.41, 5.74) is 1.40. The van der Waals surface area contributed by atoms with Crippen LogP contribution in [0.15, 0.2) is 48.5 Å². The van der Waals surface area contributed by atoms with E-state index in [4.69, 9.17) is 23.2 Å². The van der Waals surface area contributed by atoms with Gasteiger partial charge in [-0.2, -0.15) is 0 Å². The lowest BCUT2D eigenvalue weighted by molar-refractivity contribution is 0.102. The summed E-state index contributed by atoms with van der Waals surface area (Å²) in [6, 6.07) is 13.9. The summed E-state index contributed by atoms with van der Waals surface area (Å²) in [5, 5.41) is 13.1. The molecule has 118 valence electrons. The van der Waals surface area contributed by atoms with Crippen LogP contribution in [-0.4, -0.2) is 16.1 Å². The maximum Gasteiger partial charge on any atom is 0.257 e. The van der Waals surface area contributed by atoms with Crippen LogP contribution in [0.5, 0.6) is 0 Å². The van der Waals surface area contributed by atoms with Crippen LogP contribution < -0.4 is 5.32 Å². The molecule has 3 rings (SSSR count). The lowest BCUT2D eigenvalue weighted by Crippen LogP contribution is -2.11. The number of carbonyl (C=O) groups is 1. The summed E-state index contributed by atoms with van der Waals surface area (Å²) < 4.78 is 0. The fourth-order valence-corrected chi connectivity index (χ4v) is 2.75. The second kappa shape index (κ2) is 7.75. The summed E-state index contributed by atoms with van der Waals surface area (Å²) in [4.78, 5) is 12.1. The molecule has 0 atom stereocenters. The van der Waals surface area contributed by atoms with Crippen LogP contribution in [0.2, 0.25) is 10.0 Å². The Hall–Kier alpha value is -1.66. The van der Waals surface area contributed by atoms with Gasteiger partial charge < -0.3 is 0 Å². The van der Waals surface area contributed by atoms with E-state index in [-0.39, 0.29) is 18.3 Å². The van der Waals surface area contributed by atoms with Gasteiger partial charge in [0.1, 0.15) is 5.01 Å². The van der Waals surface area contributed by atoms with Gasteiger partial charge in [-0.25, -0.2) is 0 Å². The predicted molar refractivity (Wildman–Crippen MR) is 97.0 cm³/mol. The molecule has 0 fully saturated rings. The van der Waals surface area contributed by atoms with Crippen molar-refractivity contribution in [1.82, 2.24) is 10.2 Å². The Morgan fingerprint density at radius 2 is 1.48 bits per heavy atom. The van der Waals surface area contributed by atoms with E-state index in [2.05, 4.69) is 15.5 Å². The quantitative estimate of drug-likeness (QED) is 0.674. The molecule has 0 bridgehead atoms. The average molecular weight is 387 g/mol. The number of nitrogens with one attached hydrogen (secondary N) is 1. The highest BCUT2D eigenvalue weighted by Gasteiger charge is 2.11. The Labute approximate surface area is 152 Å². The highest BCUT2D eigenvalue weighted by molar-refractivity contribution is 7.18. The summed E-state index contributed by atoms with van der Waals surface area (Å²) in [6.07, 6.45) is 0. The lowest BCUT2D eigenvalue weighted by atomic mass is 10.2. The number of rotatable bonds is 3. The fourth-order valence-electron chi connectivity index (χ4n) is 1.75. The van der Waals surface area contributed by atoms with E-state index in [1.165, 1.54) is 11.3 Å². The third-order valence-electron chi connectivity index (χ3n) is 2.84. The molecule has 0 unspecified atom stereocenters. The van der Waals surface area contributed by atoms with E-state index in [9.17, 15) is 4.79 Å². The van der Waals surface area contributed by atoms with Gasteiger partial charge in [-0.15, -0.1) is 22.6 Å². The zero-order chi connectivity index (χ0) is 15.5. The van der Waals surface area contributed by atoms with Gasteiger partial charge in [0.25, 0.3) is 5.91 Å². The average Bonchev–Trinajstić information content (AvgIpc) is 2.97. The molecule has 0 saturated carbocycles. The van der Waals surface area contributed by atoms with Gasteiger partial charge in [0.05, 0.1) is 0 Å². The third-order valence-corrected chi connectivity index (χ3v) is 4.23. The van der Waals surface area contributed by atoms with E-state index in [1.54, 1.807) is 36.4 Å². The minimum atomic E-state index is -0.254. The minimum Gasteiger partial charge on any atom is -0.296 e. The van der Waals surface area contributed by atoms with Crippen molar-refractivity contribution in [2.75, 3.05) is 5.32 Å². The summed E-state index contributed by atoms with van der Waals surface area (Å²) in [6.45, 7) is 0. The first-order valence-corrected chi connectivity index (χ1v) is 7.85. The van der Waals surface area contributed by atoms with Crippen LogP contribution in [0.25, 0.3) is 10.6 Å². The number of aromatic nitrogens is 2. The van der Waals surface area contributed by atoms with Crippen molar-refractivity contribution in [3.63, 3.8) is 0 Å². The highest BCUT2D eigenvalue weighted by atomic mass is 35.5. The molecule has 1 N–H and O–H groups in total. The van der Waals surface area contributed by atoms with Gasteiger partial charge in [-0.3, -0.25) is 10.1 Å². The van der Waals surface area contributed by atoms with Crippen molar-refractivity contribution >= 4 is 58.0 Å². The van der Waals surface area contributed by atoms with Crippen molar-refractivity contribution in [2.24, 2.45) is 0 Å². The molecule has 0 aliphatic carbocycles. The largest absolute Gasteiger partial charge is 0.296 e. The van der Waals surface area contributed by atoms with E-state index in [0.29, 0.717) is 25.7 Å². The van der Waals surface area contributed by atoms with E-state index in [0.717, 1.165) is 5.56 Å². The summed E-state index contributed by atoms with van der Waals surface area (Å²) >= 11 is 12.9. The van der Waals surface area contributed by atoms with Crippen LogP contribution in [-0.2, 0) is 0 Å². The van der Waals surface area contributed by atoms with Gasteiger partial charge in [0, 0.05) is 21.2 Å². The molecule has 0 aliphatic heterocycles. The third kappa shape index (κ3) is 4.42. The van der Waals surface area contributed by atoms with Crippen molar-refractivity contribution < 1.29 is 4.79 Å². The monoisotopic (exact) mass is 385 g/mol. The first kappa shape index (κ1) is 17.7. The van der Waals surface area contributed by atoms with E-state index < -0.39 is 0 Å². The topological polar surface area (TPSA) is 54.9 Å². The number of carbonyl (C=O) groups excluding carboxylic acids is 1. The fraction of sp³-hybridized carbons (Fsp3) is 0. The molecule has 0 radical (unpaired) electrons. The van der Waals surface area contributed by atoms with Crippen LogP contribution in [0.4, 0.5) is 5.13 Å². The maximum atomic E-state index is 12.1. The first-order chi connectivity index (χ1) is 10.6. The minimum absolute atomic E-state index is 0. The normalized spacial score (nSPS) is 10.0. The standard InChI is InChI=1S/C15H9Cl2N3OS.ClH/c16-11-5-1-9(2-6-11)13(21)18-15-20-19-14(22-15)10-3-7-12(17)8-4-10;/h1-8H,(H,18,20,21);1H. The molecule has 3 aromatic rings. The number of hydrogen-bond donors (Lipinski definition) is 1. The Morgan fingerprint density at radius 1 is 0.913 bits per heavy atom. The molecule has 4 nitrogen and oxygen atoms in total. The predicted octanol–water partition coefficient (Wildman–Crippen LogP) is 5.19. The summed E-state index contributed by atoms with van der Waals surface area (Å²) in [5.74, 6) is -0.254. The first-order valence-electron chi connectivity index (χ1n) is 6.28. The molecule has 0 aliphatic rings. The second-order valence-corrected chi connectivity index (χ2v) is 6.23. The van der Waals surface area contributed by atoms with Gasteiger partial charge in [-0.05, 0) is 36.4 Å². The van der Waals surface area contributed by atoms with Gasteiger partial charge in [0.15, 0.2) is 0 Å². The molecular weight excluding hydrogens is 377 g/mol. The Bertz CT molecular complexity index is 804. The molecule has 23 heavy (non-hydrogen) atoms. The number of benzene rings is 2. The van der Waals surface area contributed by atoms with Crippen LogP contribution in [0, 0.1) is 0 Å². The van der Waals surface area contributed by atoms with Crippen LogP contribution >= 0.6 is 46.9 Å². The molecule has 1 heterocycles. The van der Waals surface area contributed by atoms with Gasteiger partial charge in [0.2, 0.25) is 5.13 Å². The van der Waals surface area contributed by atoms with Gasteiger partial charge >= 0.3 is 0 Å². The molecule has 0 spiro atoms. The molecule has 8 heteroatoms. The Morgan fingerprint density at radius 3 is 2.09 bits per heavy atom. The maximum absolute atomic E-state index is 12.1. The van der Waals surface area contributed by atoms with Crippen molar-refractivity contribution in [1.29, 1.82) is 0 Å².